The smallest absolute Gasteiger partial charge is 0.164 e. The second-order valence-electron chi connectivity index (χ2n) is 4.27. The van der Waals surface area contributed by atoms with Crippen LogP contribution in [0.1, 0.15) is 24.5 Å². The van der Waals surface area contributed by atoms with Crippen LogP contribution in [-0.4, -0.2) is 17.8 Å². The van der Waals surface area contributed by atoms with Gasteiger partial charge in [0.05, 0.1) is 0 Å². The summed E-state index contributed by atoms with van der Waals surface area (Å²) in [7, 11) is 1.77. The number of hydrogen-bond acceptors (Lipinski definition) is 3. The summed E-state index contributed by atoms with van der Waals surface area (Å²) in [6.45, 7) is 2.19. The van der Waals surface area contributed by atoms with Gasteiger partial charge in [-0.1, -0.05) is 37.3 Å². The van der Waals surface area contributed by atoms with Crippen LogP contribution in [0.25, 0.3) is 0 Å². The van der Waals surface area contributed by atoms with Crippen LogP contribution in [0, 0.1) is 0 Å². The quantitative estimate of drug-likeness (QED) is 0.741. The SMILES string of the molecule is CCCSC(OC)(c1ccccc1)c1ccncc1. The monoisotopic (exact) mass is 273 g/mol. The van der Waals surface area contributed by atoms with Crippen molar-refractivity contribution in [3.8, 4) is 0 Å². The van der Waals surface area contributed by atoms with E-state index in [4.69, 9.17) is 4.74 Å². The molecule has 1 unspecified atom stereocenters. The molecule has 2 rings (SSSR count). The molecule has 0 spiro atoms. The maximum Gasteiger partial charge on any atom is 0.164 e. The van der Waals surface area contributed by atoms with Crippen molar-refractivity contribution in [2.75, 3.05) is 12.9 Å². The zero-order valence-electron chi connectivity index (χ0n) is 11.4. The van der Waals surface area contributed by atoms with Gasteiger partial charge in [-0.05, 0) is 29.9 Å². The van der Waals surface area contributed by atoms with Gasteiger partial charge in [0, 0.05) is 25.1 Å². The highest BCUT2D eigenvalue weighted by Gasteiger charge is 2.34. The molecular weight excluding hydrogens is 254 g/mol. The van der Waals surface area contributed by atoms with E-state index in [-0.39, 0.29) is 0 Å². The van der Waals surface area contributed by atoms with Crippen LogP contribution < -0.4 is 0 Å². The minimum absolute atomic E-state index is 0.444. The minimum Gasteiger partial charge on any atom is -0.359 e. The van der Waals surface area contributed by atoms with Gasteiger partial charge in [0.15, 0.2) is 4.93 Å². The third-order valence-corrected chi connectivity index (χ3v) is 4.67. The van der Waals surface area contributed by atoms with E-state index < -0.39 is 4.93 Å². The van der Waals surface area contributed by atoms with Gasteiger partial charge in [-0.25, -0.2) is 0 Å². The number of pyridine rings is 1. The summed E-state index contributed by atoms with van der Waals surface area (Å²) in [4.78, 5) is 3.66. The third kappa shape index (κ3) is 2.99. The third-order valence-electron chi connectivity index (χ3n) is 3.01. The standard InChI is InChI=1S/C16H19NOS/c1-3-13-19-16(18-2,14-7-5-4-6-8-14)15-9-11-17-12-10-15/h4-12H,3,13H2,1-2H3. The summed E-state index contributed by atoms with van der Waals surface area (Å²) in [5, 5.41) is 0. The Labute approximate surface area is 119 Å². The molecule has 0 saturated heterocycles. The van der Waals surface area contributed by atoms with Gasteiger partial charge in [0.25, 0.3) is 0 Å². The molecule has 0 aliphatic rings. The first kappa shape index (κ1) is 14.1. The fraction of sp³-hybridized carbons (Fsp3) is 0.312. The number of rotatable bonds is 6. The fourth-order valence-electron chi connectivity index (χ4n) is 2.10. The van der Waals surface area contributed by atoms with Gasteiger partial charge < -0.3 is 4.74 Å². The van der Waals surface area contributed by atoms with E-state index >= 15 is 0 Å². The molecule has 3 heteroatoms. The zero-order valence-corrected chi connectivity index (χ0v) is 12.2. The molecule has 100 valence electrons. The predicted octanol–water partition coefficient (Wildman–Crippen LogP) is 4.07. The number of aromatic nitrogens is 1. The van der Waals surface area contributed by atoms with Crippen molar-refractivity contribution in [1.29, 1.82) is 0 Å². The molecule has 1 aromatic carbocycles. The van der Waals surface area contributed by atoms with Crippen LogP contribution in [0.4, 0.5) is 0 Å². The molecule has 0 aliphatic heterocycles. The predicted molar refractivity (Wildman–Crippen MR) is 81.2 cm³/mol. The first-order valence-electron chi connectivity index (χ1n) is 6.48. The number of ether oxygens (including phenoxy) is 1. The first-order chi connectivity index (χ1) is 9.33. The van der Waals surface area contributed by atoms with E-state index in [9.17, 15) is 0 Å². The second kappa shape index (κ2) is 6.73. The Bertz CT molecular complexity index is 447. The molecule has 0 bridgehead atoms. The van der Waals surface area contributed by atoms with E-state index in [1.807, 2.05) is 42.4 Å². The van der Waals surface area contributed by atoms with Crippen LogP contribution >= 0.6 is 11.8 Å². The van der Waals surface area contributed by atoms with Crippen molar-refractivity contribution < 1.29 is 4.74 Å². The minimum atomic E-state index is -0.444. The van der Waals surface area contributed by atoms with E-state index in [1.165, 1.54) is 5.56 Å². The van der Waals surface area contributed by atoms with E-state index in [0.29, 0.717) is 0 Å². The van der Waals surface area contributed by atoms with Crippen LogP contribution in [0.5, 0.6) is 0 Å². The topological polar surface area (TPSA) is 22.1 Å². The lowest BCUT2D eigenvalue weighted by Crippen LogP contribution is -2.26. The highest BCUT2D eigenvalue weighted by Crippen LogP contribution is 2.43. The normalized spacial score (nSPS) is 14.0. The largest absolute Gasteiger partial charge is 0.359 e. The number of benzene rings is 1. The second-order valence-corrected chi connectivity index (χ2v) is 5.54. The average Bonchev–Trinajstić information content (AvgIpc) is 2.51. The highest BCUT2D eigenvalue weighted by molar-refractivity contribution is 8.00. The summed E-state index contributed by atoms with van der Waals surface area (Å²) in [6.07, 6.45) is 4.75. The lowest BCUT2D eigenvalue weighted by Gasteiger charge is -2.32. The van der Waals surface area contributed by atoms with Gasteiger partial charge in [-0.2, -0.15) is 0 Å². The summed E-state index contributed by atoms with van der Waals surface area (Å²) in [5.74, 6) is 1.05. The summed E-state index contributed by atoms with van der Waals surface area (Å²) in [6, 6.07) is 14.4. The van der Waals surface area contributed by atoms with Crippen LogP contribution in [0.2, 0.25) is 0 Å². The Balaban J connectivity index is 2.48. The molecule has 0 saturated carbocycles. The number of methoxy groups -OCH3 is 1. The van der Waals surface area contributed by atoms with Gasteiger partial charge in [0.1, 0.15) is 0 Å². The maximum atomic E-state index is 5.95. The Morgan fingerprint density at radius 2 is 1.68 bits per heavy atom. The fourth-order valence-corrected chi connectivity index (χ4v) is 3.32. The highest BCUT2D eigenvalue weighted by atomic mass is 32.2. The van der Waals surface area contributed by atoms with Crippen molar-refractivity contribution in [3.63, 3.8) is 0 Å². The molecule has 1 aromatic heterocycles. The summed E-state index contributed by atoms with van der Waals surface area (Å²) >= 11 is 1.83. The molecule has 0 radical (unpaired) electrons. The Kier molecular flexibility index (Phi) is 5.00. The van der Waals surface area contributed by atoms with E-state index in [2.05, 4.69) is 36.2 Å². The van der Waals surface area contributed by atoms with Crippen molar-refractivity contribution in [2.45, 2.75) is 18.3 Å². The van der Waals surface area contributed by atoms with E-state index in [0.717, 1.165) is 17.7 Å². The van der Waals surface area contributed by atoms with Crippen molar-refractivity contribution in [3.05, 3.63) is 66.0 Å². The Morgan fingerprint density at radius 1 is 1.05 bits per heavy atom. The number of hydrogen-bond donors (Lipinski definition) is 0. The van der Waals surface area contributed by atoms with Crippen LogP contribution in [-0.2, 0) is 9.67 Å². The summed E-state index contributed by atoms with van der Waals surface area (Å²) < 4.78 is 5.95. The van der Waals surface area contributed by atoms with Gasteiger partial charge in [-0.15, -0.1) is 11.8 Å². The molecule has 0 fully saturated rings. The summed E-state index contributed by atoms with van der Waals surface area (Å²) in [5.41, 5.74) is 2.30. The zero-order chi connectivity index (χ0) is 13.6. The molecule has 2 nitrogen and oxygen atoms in total. The number of nitrogens with zero attached hydrogens (tertiary/aromatic N) is 1. The molecule has 1 atom stereocenters. The molecule has 0 aliphatic carbocycles. The molecule has 1 heterocycles. The lowest BCUT2D eigenvalue weighted by molar-refractivity contribution is 0.104. The molecule has 0 amide bonds. The number of thioether (sulfide) groups is 1. The Morgan fingerprint density at radius 3 is 2.26 bits per heavy atom. The Hall–Kier alpha value is -1.32. The van der Waals surface area contributed by atoms with Crippen LogP contribution in [0.3, 0.4) is 0 Å². The van der Waals surface area contributed by atoms with Crippen molar-refractivity contribution in [2.24, 2.45) is 0 Å². The van der Waals surface area contributed by atoms with Crippen LogP contribution in [0.15, 0.2) is 54.9 Å². The molecule has 19 heavy (non-hydrogen) atoms. The molecular formula is C16H19NOS. The first-order valence-corrected chi connectivity index (χ1v) is 7.47. The molecule has 2 aromatic rings. The van der Waals surface area contributed by atoms with Crippen molar-refractivity contribution >= 4 is 11.8 Å². The van der Waals surface area contributed by atoms with Gasteiger partial charge in [-0.3, -0.25) is 4.98 Å². The lowest BCUT2D eigenvalue weighted by atomic mass is 10.0. The maximum absolute atomic E-state index is 5.95. The van der Waals surface area contributed by atoms with Gasteiger partial charge >= 0.3 is 0 Å². The van der Waals surface area contributed by atoms with Gasteiger partial charge in [0.2, 0.25) is 0 Å². The molecule has 0 N–H and O–H groups in total. The average molecular weight is 273 g/mol. The van der Waals surface area contributed by atoms with Crippen molar-refractivity contribution in [1.82, 2.24) is 4.98 Å². The van der Waals surface area contributed by atoms with E-state index in [1.54, 1.807) is 7.11 Å².